The van der Waals surface area contributed by atoms with Crippen LogP contribution in [0.1, 0.15) is 0 Å². The minimum atomic E-state index is -4.41. The van der Waals surface area contributed by atoms with E-state index in [1.54, 1.807) is 18.2 Å². The van der Waals surface area contributed by atoms with E-state index in [0.717, 1.165) is 44.4 Å². The van der Waals surface area contributed by atoms with Crippen LogP contribution in [0.15, 0.2) is 24.3 Å². The van der Waals surface area contributed by atoms with E-state index in [0.29, 0.717) is 12.4 Å². The van der Waals surface area contributed by atoms with Gasteiger partial charge < -0.3 is 18.5 Å². The average molecular weight is 378 g/mol. The minimum absolute atomic E-state index is 0.0205. The number of ether oxygens (including phenoxy) is 2. The molecular formula is C14H22N2O8S. The van der Waals surface area contributed by atoms with E-state index in [4.69, 9.17) is 9.47 Å². The minimum Gasteiger partial charge on any atom is -0.726 e. The highest BCUT2D eigenvalue weighted by molar-refractivity contribution is 7.80. The molecule has 0 amide bonds. The van der Waals surface area contributed by atoms with Crippen molar-refractivity contribution >= 4 is 16.1 Å². The molecule has 0 atom stereocenters. The quantitative estimate of drug-likeness (QED) is 0.231. The Morgan fingerprint density at radius 2 is 1.84 bits per heavy atom. The van der Waals surface area contributed by atoms with Crippen LogP contribution in [-0.4, -0.2) is 76.0 Å². The Morgan fingerprint density at radius 1 is 1.28 bits per heavy atom. The molecule has 0 saturated carbocycles. The molecule has 25 heavy (non-hydrogen) atoms. The molecule has 1 fully saturated rings. The van der Waals surface area contributed by atoms with Crippen LogP contribution in [0.4, 0.5) is 5.69 Å². The molecule has 0 aliphatic carbocycles. The fourth-order valence-electron chi connectivity index (χ4n) is 2.11. The normalized spacial score (nSPS) is 16.4. The number of hydrogen-bond acceptors (Lipinski definition) is 8. The Labute approximate surface area is 146 Å². The standard InChI is InChI=1S/C13H19N2O4.CH4O4S/c1-15(6-9-18-10-7-15)8-11-19-13-5-3-2-4-12(13)14(16)17;1-5-6(2,3)4/h2-5H,6-11H2,1H3;1H3,(H,2,3,4)/q+1;/p-1. The van der Waals surface area contributed by atoms with Crippen molar-refractivity contribution in [3.05, 3.63) is 34.4 Å². The molecular weight excluding hydrogens is 356 g/mol. The number of para-hydroxylation sites is 2. The zero-order valence-electron chi connectivity index (χ0n) is 14.1. The fourth-order valence-corrected chi connectivity index (χ4v) is 2.11. The van der Waals surface area contributed by atoms with Gasteiger partial charge in [0, 0.05) is 6.07 Å². The fraction of sp³-hybridized carbons (Fsp3) is 0.571. The molecule has 0 aromatic heterocycles. The number of hydrogen-bond donors (Lipinski definition) is 0. The van der Waals surface area contributed by atoms with Gasteiger partial charge in [-0.2, -0.15) is 0 Å². The van der Waals surface area contributed by atoms with Crippen molar-refractivity contribution in [3.8, 4) is 5.75 Å². The third-order valence-electron chi connectivity index (χ3n) is 3.71. The van der Waals surface area contributed by atoms with Crippen molar-refractivity contribution in [1.29, 1.82) is 0 Å². The lowest BCUT2D eigenvalue weighted by Crippen LogP contribution is -2.53. The third kappa shape index (κ3) is 8.23. The van der Waals surface area contributed by atoms with E-state index in [1.807, 2.05) is 0 Å². The van der Waals surface area contributed by atoms with E-state index in [-0.39, 0.29) is 5.69 Å². The third-order valence-corrected chi connectivity index (χ3v) is 4.11. The first-order valence-corrected chi connectivity index (χ1v) is 8.79. The summed E-state index contributed by atoms with van der Waals surface area (Å²) in [5.74, 6) is 0.340. The van der Waals surface area contributed by atoms with Gasteiger partial charge in [0.2, 0.25) is 10.4 Å². The van der Waals surface area contributed by atoms with Gasteiger partial charge in [-0.25, -0.2) is 8.42 Å². The van der Waals surface area contributed by atoms with Gasteiger partial charge in [0.15, 0.2) is 5.75 Å². The second-order valence-electron chi connectivity index (χ2n) is 5.55. The van der Waals surface area contributed by atoms with E-state index in [2.05, 4.69) is 11.2 Å². The number of likely N-dealkylation sites (N-methyl/N-ethyl adjacent to an activating group) is 1. The van der Waals surface area contributed by atoms with Gasteiger partial charge in [-0.15, -0.1) is 0 Å². The summed E-state index contributed by atoms with van der Waals surface area (Å²) in [5, 5.41) is 10.9. The highest BCUT2D eigenvalue weighted by atomic mass is 32.3. The van der Waals surface area contributed by atoms with Crippen molar-refractivity contribution in [3.63, 3.8) is 0 Å². The molecule has 0 bridgehead atoms. The molecule has 0 radical (unpaired) electrons. The van der Waals surface area contributed by atoms with Crippen LogP contribution in [0.25, 0.3) is 0 Å². The second kappa shape index (κ2) is 9.63. The van der Waals surface area contributed by atoms with E-state index in [1.165, 1.54) is 6.07 Å². The predicted molar refractivity (Wildman–Crippen MR) is 86.9 cm³/mol. The first-order chi connectivity index (χ1) is 11.7. The Kier molecular flexibility index (Phi) is 8.19. The zero-order chi connectivity index (χ0) is 18.9. The van der Waals surface area contributed by atoms with Crippen LogP contribution < -0.4 is 4.74 Å². The van der Waals surface area contributed by atoms with Crippen LogP contribution in [-0.2, 0) is 19.3 Å². The van der Waals surface area contributed by atoms with Gasteiger partial charge in [0.05, 0.1) is 32.3 Å². The Morgan fingerprint density at radius 3 is 2.36 bits per heavy atom. The average Bonchev–Trinajstić information content (AvgIpc) is 2.55. The van der Waals surface area contributed by atoms with Gasteiger partial charge >= 0.3 is 5.69 Å². The number of rotatable bonds is 6. The SMILES string of the molecule is COS(=O)(=O)[O-].C[N+]1(CCOc2ccccc2[N+](=O)[O-])CCOCC1. The molecule has 0 unspecified atom stereocenters. The Bertz CT molecular complexity index is 659. The van der Waals surface area contributed by atoms with Crippen LogP contribution >= 0.6 is 0 Å². The molecule has 1 saturated heterocycles. The monoisotopic (exact) mass is 378 g/mol. The summed E-state index contributed by atoms with van der Waals surface area (Å²) < 4.78 is 42.8. The molecule has 0 N–H and O–H groups in total. The van der Waals surface area contributed by atoms with E-state index < -0.39 is 15.3 Å². The highest BCUT2D eigenvalue weighted by Gasteiger charge is 2.25. The summed E-state index contributed by atoms with van der Waals surface area (Å²) in [5.41, 5.74) is 0.0205. The summed E-state index contributed by atoms with van der Waals surface area (Å²) in [6.07, 6.45) is 0. The van der Waals surface area contributed by atoms with Gasteiger partial charge in [0.1, 0.15) is 26.2 Å². The molecule has 1 aromatic rings. The molecule has 10 nitrogen and oxygen atoms in total. The maximum Gasteiger partial charge on any atom is 0.310 e. The highest BCUT2D eigenvalue weighted by Crippen LogP contribution is 2.25. The van der Waals surface area contributed by atoms with E-state index in [9.17, 15) is 23.1 Å². The molecule has 1 aliphatic heterocycles. The van der Waals surface area contributed by atoms with Crippen LogP contribution in [0, 0.1) is 10.1 Å². The Balaban J connectivity index is 0.000000450. The molecule has 142 valence electrons. The van der Waals surface area contributed by atoms with Gasteiger partial charge in [-0.3, -0.25) is 14.3 Å². The lowest BCUT2D eigenvalue weighted by atomic mass is 10.3. The second-order valence-corrected chi connectivity index (χ2v) is 6.70. The Hall–Kier alpha value is -1.79. The van der Waals surface area contributed by atoms with Crippen molar-refractivity contribution < 1.29 is 36.0 Å². The first-order valence-electron chi connectivity index (χ1n) is 7.46. The number of quaternary nitrogens is 1. The molecule has 1 aromatic carbocycles. The molecule has 11 heteroatoms. The largest absolute Gasteiger partial charge is 0.726 e. The van der Waals surface area contributed by atoms with E-state index >= 15 is 0 Å². The lowest BCUT2D eigenvalue weighted by Gasteiger charge is -2.37. The summed E-state index contributed by atoms with van der Waals surface area (Å²) >= 11 is 0. The van der Waals surface area contributed by atoms with Crippen molar-refractivity contribution in [1.82, 2.24) is 0 Å². The molecule has 1 aliphatic rings. The van der Waals surface area contributed by atoms with Crippen LogP contribution in [0.5, 0.6) is 5.75 Å². The lowest BCUT2D eigenvalue weighted by molar-refractivity contribution is -0.916. The van der Waals surface area contributed by atoms with Crippen LogP contribution in [0.2, 0.25) is 0 Å². The number of benzene rings is 1. The maximum atomic E-state index is 10.9. The van der Waals surface area contributed by atoms with Gasteiger partial charge in [-0.1, -0.05) is 12.1 Å². The first kappa shape index (κ1) is 21.3. The van der Waals surface area contributed by atoms with Crippen molar-refractivity contribution in [2.24, 2.45) is 0 Å². The summed E-state index contributed by atoms with van der Waals surface area (Å²) in [6, 6.07) is 6.48. The maximum absolute atomic E-state index is 10.9. The molecule has 1 heterocycles. The topological polar surface area (TPSA) is 128 Å². The summed E-state index contributed by atoms with van der Waals surface area (Å²) in [6.45, 7) is 4.75. The number of nitro groups is 1. The van der Waals surface area contributed by atoms with Crippen LogP contribution in [0.3, 0.4) is 0 Å². The smallest absolute Gasteiger partial charge is 0.310 e. The predicted octanol–water partition coefficient (Wildman–Crippen LogP) is 0.543. The zero-order valence-corrected chi connectivity index (χ0v) is 14.9. The van der Waals surface area contributed by atoms with Gasteiger partial charge in [0.25, 0.3) is 0 Å². The summed E-state index contributed by atoms with van der Waals surface area (Å²) in [4.78, 5) is 10.4. The number of nitrogens with zero attached hydrogens (tertiary/aromatic N) is 2. The van der Waals surface area contributed by atoms with Gasteiger partial charge in [-0.05, 0) is 6.07 Å². The summed E-state index contributed by atoms with van der Waals surface area (Å²) in [7, 11) is -1.45. The number of morpholine rings is 1. The van der Waals surface area contributed by atoms with Crippen molar-refractivity contribution in [2.45, 2.75) is 0 Å². The molecule has 0 spiro atoms. The molecule has 2 rings (SSSR count). The van der Waals surface area contributed by atoms with Crippen molar-refractivity contribution in [2.75, 3.05) is 53.6 Å². The number of nitro benzene ring substituents is 1.